The van der Waals surface area contributed by atoms with Crippen molar-refractivity contribution in [3.8, 4) is 0 Å². The highest BCUT2D eigenvalue weighted by Crippen LogP contribution is 2.55. The number of piperazine rings is 1. The van der Waals surface area contributed by atoms with Gasteiger partial charge in [0.05, 0.1) is 11.4 Å². The Labute approximate surface area is 168 Å². The molecule has 9 heteroatoms. The summed E-state index contributed by atoms with van der Waals surface area (Å²) in [5.74, 6) is -1.03. The Kier molecular flexibility index (Phi) is 4.91. The van der Waals surface area contributed by atoms with Crippen molar-refractivity contribution in [3.05, 3.63) is 17.8 Å². The maximum absolute atomic E-state index is 12.7. The fourth-order valence-electron chi connectivity index (χ4n) is 5.20. The number of nitrogens with two attached hydrogens (primary N) is 1. The first-order chi connectivity index (χ1) is 13.6. The molecular formula is C20H28F3N5O. The maximum Gasteiger partial charge on any atom is 0.471 e. The molecule has 6 nitrogen and oxygen atoms in total. The van der Waals surface area contributed by atoms with Crippen LogP contribution in [0.4, 0.5) is 24.7 Å². The van der Waals surface area contributed by atoms with Crippen molar-refractivity contribution >= 4 is 17.4 Å². The van der Waals surface area contributed by atoms with Crippen molar-refractivity contribution in [1.82, 2.24) is 9.88 Å². The second kappa shape index (κ2) is 7.04. The van der Waals surface area contributed by atoms with Gasteiger partial charge < -0.3 is 20.9 Å². The number of hydrogen-bond acceptors (Lipinski definition) is 5. The molecule has 1 aliphatic heterocycles. The highest BCUT2D eigenvalue weighted by Gasteiger charge is 2.51. The van der Waals surface area contributed by atoms with Crippen LogP contribution in [-0.4, -0.2) is 59.7 Å². The van der Waals surface area contributed by atoms with Crippen LogP contribution in [0.1, 0.15) is 38.3 Å². The smallest absolute Gasteiger partial charge is 0.381 e. The molecule has 1 unspecified atom stereocenters. The summed E-state index contributed by atoms with van der Waals surface area (Å²) >= 11 is 0. The van der Waals surface area contributed by atoms with E-state index < -0.39 is 18.1 Å². The van der Waals surface area contributed by atoms with E-state index in [0.29, 0.717) is 30.6 Å². The van der Waals surface area contributed by atoms with Crippen molar-refractivity contribution in [3.63, 3.8) is 0 Å². The van der Waals surface area contributed by atoms with Crippen molar-refractivity contribution < 1.29 is 18.0 Å². The number of alkyl halides is 3. The normalized spacial score (nSPS) is 32.0. The van der Waals surface area contributed by atoms with Crippen LogP contribution >= 0.6 is 0 Å². The van der Waals surface area contributed by atoms with Crippen LogP contribution in [0, 0.1) is 12.3 Å². The molecule has 3 aliphatic rings. The molecule has 2 heterocycles. The summed E-state index contributed by atoms with van der Waals surface area (Å²) < 4.78 is 38.2. The zero-order valence-electron chi connectivity index (χ0n) is 16.8. The van der Waals surface area contributed by atoms with E-state index in [4.69, 9.17) is 5.73 Å². The predicted octanol–water partition coefficient (Wildman–Crippen LogP) is 2.67. The van der Waals surface area contributed by atoms with Gasteiger partial charge in [0.15, 0.2) is 0 Å². The Morgan fingerprint density at radius 3 is 2.48 bits per heavy atom. The standard InChI is InChI=1S/C20H28F3N5O/c1-12-11-27(5-6-28(12)18(29)20(21,22)23)17-4-3-16(13(2)25-17)26-15-9-19(10-15)7-14(24)8-19/h3-4,12,14-15,26H,5-11,24H2,1-2H3. The van der Waals surface area contributed by atoms with Gasteiger partial charge in [-0.15, -0.1) is 0 Å². The summed E-state index contributed by atoms with van der Waals surface area (Å²) in [6.45, 7) is 4.26. The lowest BCUT2D eigenvalue weighted by Crippen LogP contribution is -2.57. The predicted molar refractivity (Wildman–Crippen MR) is 105 cm³/mol. The Bertz CT molecular complexity index is 785. The molecule has 2 aliphatic carbocycles. The summed E-state index contributed by atoms with van der Waals surface area (Å²) in [7, 11) is 0. The van der Waals surface area contributed by atoms with Crippen LogP contribution in [0.25, 0.3) is 0 Å². The zero-order valence-corrected chi connectivity index (χ0v) is 16.8. The van der Waals surface area contributed by atoms with E-state index in [9.17, 15) is 18.0 Å². The Morgan fingerprint density at radius 2 is 1.93 bits per heavy atom. The minimum Gasteiger partial charge on any atom is -0.381 e. The highest BCUT2D eigenvalue weighted by atomic mass is 19.4. The number of aryl methyl sites for hydroxylation is 1. The van der Waals surface area contributed by atoms with E-state index in [1.807, 2.05) is 24.0 Å². The summed E-state index contributed by atoms with van der Waals surface area (Å²) in [4.78, 5) is 19.1. The molecule has 1 spiro atoms. The average molecular weight is 411 g/mol. The van der Waals surface area contributed by atoms with Crippen molar-refractivity contribution in [2.75, 3.05) is 29.9 Å². The van der Waals surface area contributed by atoms with Crippen LogP contribution in [0.3, 0.4) is 0 Å². The van der Waals surface area contributed by atoms with E-state index in [-0.39, 0.29) is 6.54 Å². The maximum atomic E-state index is 12.7. The van der Waals surface area contributed by atoms with Crippen LogP contribution in [0.15, 0.2) is 12.1 Å². The molecule has 1 aromatic heterocycles. The number of amides is 1. The Hall–Kier alpha value is -2.03. The molecule has 1 amide bonds. The minimum atomic E-state index is -4.83. The number of rotatable bonds is 3. The van der Waals surface area contributed by atoms with E-state index in [0.717, 1.165) is 47.8 Å². The number of aromatic nitrogens is 1. The summed E-state index contributed by atoms with van der Waals surface area (Å²) in [6.07, 6.45) is -0.281. The first-order valence-corrected chi connectivity index (χ1v) is 10.2. The SMILES string of the molecule is Cc1nc(N2CCN(C(=O)C(F)(F)F)C(C)C2)ccc1NC1CC2(CC(N)C2)C1. The molecule has 1 saturated heterocycles. The van der Waals surface area contributed by atoms with E-state index in [2.05, 4.69) is 10.3 Å². The van der Waals surface area contributed by atoms with E-state index in [1.54, 1.807) is 6.92 Å². The number of carbonyl (C=O) groups excluding carboxylic acids is 1. The van der Waals surface area contributed by atoms with Gasteiger partial charge in [0, 0.05) is 37.8 Å². The molecule has 3 fully saturated rings. The van der Waals surface area contributed by atoms with Gasteiger partial charge in [0.2, 0.25) is 0 Å². The van der Waals surface area contributed by atoms with Crippen LogP contribution in [0.2, 0.25) is 0 Å². The monoisotopic (exact) mass is 411 g/mol. The number of hydrogen-bond donors (Lipinski definition) is 2. The number of pyridine rings is 1. The van der Waals surface area contributed by atoms with Crippen LogP contribution in [0.5, 0.6) is 0 Å². The molecule has 0 aromatic carbocycles. The molecule has 1 aromatic rings. The van der Waals surface area contributed by atoms with Gasteiger partial charge in [-0.2, -0.15) is 13.2 Å². The fraction of sp³-hybridized carbons (Fsp3) is 0.700. The van der Waals surface area contributed by atoms with Gasteiger partial charge in [-0.3, -0.25) is 4.79 Å². The highest BCUT2D eigenvalue weighted by molar-refractivity contribution is 5.82. The Morgan fingerprint density at radius 1 is 1.24 bits per heavy atom. The third-order valence-corrected chi connectivity index (χ3v) is 6.63. The molecule has 0 radical (unpaired) electrons. The molecule has 29 heavy (non-hydrogen) atoms. The topological polar surface area (TPSA) is 74.5 Å². The minimum absolute atomic E-state index is 0.0343. The fourth-order valence-corrected chi connectivity index (χ4v) is 5.20. The zero-order chi connectivity index (χ0) is 21.0. The van der Waals surface area contributed by atoms with Gasteiger partial charge in [-0.05, 0) is 57.1 Å². The van der Waals surface area contributed by atoms with Crippen molar-refractivity contribution in [2.45, 2.75) is 63.8 Å². The average Bonchev–Trinajstić information content (AvgIpc) is 2.58. The van der Waals surface area contributed by atoms with Crippen LogP contribution in [-0.2, 0) is 4.79 Å². The number of nitrogens with zero attached hydrogens (tertiary/aromatic N) is 3. The molecule has 1 atom stereocenters. The van der Waals surface area contributed by atoms with Gasteiger partial charge in [-0.25, -0.2) is 4.98 Å². The lowest BCUT2D eigenvalue weighted by molar-refractivity contribution is -0.187. The third-order valence-electron chi connectivity index (χ3n) is 6.63. The number of halogens is 3. The first-order valence-electron chi connectivity index (χ1n) is 10.2. The quantitative estimate of drug-likeness (QED) is 0.800. The van der Waals surface area contributed by atoms with Gasteiger partial charge in [0.1, 0.15) is 5.82 Å². The molecule has 160 valence electrons. The number of carbonyl (C=O) groups is 1. The summed E-state index contributed by atoms with van der Waals surface area (Å²) in [5, 5.41) is 3.56. The van der Waals surface area contributed by atoms with E-state index >= 15 is 0 Å². The van der Waals surface area contributed by atoms with Gasteiger partial charge in [-0.1, -0.05) is 0 Å². The lowest BCUT2D eigenvalue weighted by Gasteiger charge is -2.57. The first kappa shape index (κ1) is 20.3. The molecule has 3 N–H and O–H groups in total. The van der Waals surface area contributed by atoms with Crippen LogP contribution < -0.4 is 16.0 Å². The van der Waals surface area contributed by atoms with Gasteiger partial charge >= 0.3 is 12.1 Å². The second-order valence-corrected chi connectivity index (χ2v) is 9.01. The molecule has 4 rings (SSSR count). The second-order valence-electron chi connectivity index (χ2n) is 9.01. The number of nitrogens with one attached hydrogen (secondary N) is 1. The van der Waals surface area contributed by atoms with E-state index in [1.165, 1.54) is 0 Å². The van der Waals surface area contributed by atoms with Gasteiger partial charge in [0.25, 0.3) is 0 Å². The summed E-state index contributed by atoms with van der Waals surface area (Å²) in [5.41, 5.74) is 8.24. The van der Waals surface area contributed by atoms with Crippen molar-refractivity contribution in [1.29, 1.82) is 0 Å². The Balaban J connectivity index is 1.34. The third kappa shape index (κ3) is 3.89. The largest absolute Gasteiger partial charge is 0.471 e. The molecule has 2 saturated carbocycles. The molecular weight excluding hydrogens is 383 g/mol. The molecule has 0 bridgehead atoms. The van der Waals surface area contributed by atoms with Crippen molar-refractivity contribution in [2.24, 2.45) is 11.1 Å². The lowest BCUT2D eigenvalue weighted by atomic mass is 9.52. The number of anilines is 2. The summed E-state index contributed by atoms with van der Waals surface area (Å²) in [6, 6.07) is 4.18.